The molecular weight excluding hydrogens is 208 g/mol. The summed E-state index contributed by atoms with van der Waals surface area (Å²) in [5.41, 5.74) is 2.08. The van der Waals surface area contributed by atoms with Gasteiger partial charge in [-0.05, 0) is 6.07 Å². The quantitative estimate of drug-likeness (QED) is 0.824. The van der Waals surface area contributed by atoms with Crippen LogP contribution < -0.4 is 4.90 Å². The molecule has 0 aliphatic carbocycles. The minimum atomic E-state index is -0.795. The second-order valence-electron chi connectivity index (χ2n) is 3.83. The number of aromatic nitrogens is 1. The average molecular weight is 222 g/mol. The molecule has 2 rings (SSSR count). The van der Waals surface area contributed by atoms with Crippen LogP contribution >= 0.6 is 0 Å². The SMILES string of the molecule is CN(CCC(=O)O)c1ccc2c(n1)COC2. The first-order valence-electron chi connectivity index (χ1n) is 5.16. The molecule has 1 N–H and O–H groups in total. The molecule has 0 atom stereocenters. The topological polar surface area (TPSA) is 62.7 Å². The molecule has 0 saturated heterocycles. The van der Waals surface area contributed by atoms with E-state index in [1.165, 1.54) is 0 Å². The first-order valence-corrected chi connectivity index (χ1v) is 5.16. The van der Waals surface area contributed by atoms with E-state index >= 15 is 0 Å². The second kappa shape index (κ2) is 4.49. The van der Waals surface area contributed by atoms with Crippen LogP contribution in [0, 0.1) is 0 Å². The molecule has 1 aromatic rings. The third kappa shape index (κ3) is 2.30. The molecule has 0 fully saturated rings. The van der Waals surface area contributed by atoms with E-state index in [0.717, 1.165) is 17.1 Å². The van der Waals surface area contributed by atoms with Gasteiger partial charge in [-0.25, -0.2) is 4.98 Å². The fourth-order valence-electron chi connectivity index (χ4n) is 1.62. The van der Waals surface area contributed by atoms with Gasteiger partial charge in [-0.3, -0.25) is 4.79 Å². The molecule has 1 aromatic heterocycles. The van der Waals surface area contributed by atoms with E-state index in [-0.39, 0.29) is 6.42 Å². The largest absolute Gasteiger partial charge is 0.481 e. The zero-order valence-electron chi connectivity index (χ0n) is 9.14. The number of ether oxygens (including phenoxy) is 1. The van der Waals surface area contributed by atoms with Crippen LogP contribution in [0.5, 0.6) is 0 Å². The maximum absolute atomic E-state index is 10.5. The monoisotopic (exact) mass is 222 g/mol. The number of hydrogen-bond acceptors (Lipinski definition) is 4. The van der Waals surface area contributed by atoms with Crippen molar-refractivity contribution in [3.05, 3.63) is 23.4 Å². The maximum atomic E-state index is 10.5. The molecule has 0 spiro atoms. The first-order chi connectivity index (χ1) is 7.66. The van der Waals surface area contributed by atoms with Gasteiger partial charge in [0.15, 0.2) is 0 Å². The summed E-state index contributed by atoms with van der Waals surface area (Å²) in [6.07, 6.45) is 0.117. The Morgan fingerprint density at radius 1 is 1.56 bits per heavy atom. The summed E-state index contributed by atoms with van der Waals surface area (Å²) in [5, 5.41) is 8.60. The van der Waals surface area contributed by atoms with Crippen LogP contribution in [0.4, 0.5) is 5.82 Å². The molecule has 0 unspecified atom stereocenters. The lowest BCUT2D eigenvalue weighted by Crippen LogP contribution is -2.22. The number of carboxylic acid groups (broad SMARTS) is 1. The Balaban J connectivity index is 2.06. The molecule has 2 heterocycles. The van der Waals surface area contributed by atoms with Crippen LogP contribution in [0.3, 0.4) is 0 Å². The van der Waals surface area contributed by atoms with Crippen molar-refractivity contribution < 1.29 is 14.6 Å². The summed E-state index contributed by atoms with van der Waals surface area (Å²) in [7, 11) is 1.84. The smallest absolute Gasteiger partial charge is 0.305 e. The summed E-state index contributed by atoms with van der Waals surface area (Å²) in [4.78, 5) is 16.7. The lowest BCUT2D eigenvalue weighted by atomic mass is 10.2. The zero-order chi connectivity index (χ0) is 11.5. The number of carboxylic acids is 1. The number of fused-ring (bicyclic) bond motifs is 1. The Morgan fingerprint density at radius 3 is 3.12 bits per heavy atom. The van der Waals surface area contributed by atoms with Crippen LogP contribution in [0.1, 0.15) is 17.7 Å². The fraction of sp³-hybridized carbons (Fsp3) is 0.455. The van der Waals surface area contributed by atoms with Gasteiger partial charge in [0.2, 0.25) is 0 Å². The van der Waals surface area contributed by atoms with Crippen molar-refractivity contribution in [1.29, 1.82) is 0 Å². The van der Waals surface area contributed by atoms with E-state index < -0.39 is 5.97 Å². The average Bonchev–Trinajstić information content (AvgIpc) is 2.72. The van der Waals surface area contributed by atoms with E-state index in [4.69, 9.17) is 9.84 Å². The number of aliphatic carboxylic acids is 1. The van der Waals surface area contributed by atoms with Crippen LogP contribution in [0.2, 0.25) is 0 Å². The summed E-state index contributed by atoms with van der Waals surface area (Å²) in [5.74, 6) is 0.00171. The number of anilines is 1. The van der Waals surface area contributed by atoms with E-state index in [9.17, 15) is 4.79 Å². The minimum absolute atomic E-state index is 0.117. The summed E-state index contributed by atoms with van der Waals surface area (Å²) in [6, 6.07) is 3.89. The molecule has 5 nitrogen and oxygen atoms in total. The van der Waals surface area contributed by atoms with E-state index in [1.54, 1.807) is 0 Å². The molecule has 1 aliphatic heterocycles. The molecule has 0 radical (unpaired) electrons. The highest BCUT2D eigenvalue weighted by Crippen LogP contribution is 2.21. The Bertz CT molecular complexity index is 406. The Hall–Kier alpha value is -1.62. The van der Waals surface area contributed by atoms with Gasteiger partial charge in [-0.2, -0.15) is 0 Å². The van der Waals surface area contributed by atoms with Gasteiger partial charge < -0.3 is 14.7 Å². The van der Waals surface area contributed by atoms with Gasteiger partial charge in [0.25, 0.3) is 0 Å². The Labute approximate surface area is 93.7 Å². The van der Waals surface area contributed by atoms with Gasteiger partial charge in [0.05, 0.1) is 25.3 Å². The Kier molecular flexibility index (Phi) is 3.05. The highest BCUT2D eigenvalue weighted by Gasteiger charge is 2.14. The van der Waals surface area contributed by atoms with Gasteiger partial charge in [-0.1, -0.05) is 6.07 Å². The third-order valence-corrected chi connectivity index (χ3v) is 2.60. The second-order valence-corrected chi connectivity index (χ2v) is 3.83. The van der Waals surface area contributed by atoms with Crippen molar-refractivity contribution in [2.45, 2.75) is 19.6 Å². The van der Waals surface area contributed by atoms with Crippen molar-refractivity contribution in [3.63, 3.8) is 0 Å². The summed E-state index contributed by atoms with van der Waals surface area (Å²) >= 11 is 0. The lowest BCUT2D eigenvalue weighted by Gasteiger charge is -2.17. The van der Waals surface area contributed by atoms with Crippen LogP contribution in [0.25, 0.3) is 0 Å². The van der Waals surface area contributed by atoms with Crippen molar-refractivity contribution in [1.82, 2.24) is 4.98 Å². The van der Waals surface area contributed by atoms with Gasteiger partial charge in [0, 0.05) is 19.2 Å². The highest BCUT2D eigenvalue weighted by atomic mass is 16.5. The van der Waals surface area contributed by atoms with Gasteiger partial charge >= 0.3 is 5.97 Å². The van der Waals surface area contributed by atoms with Crippen LogP contribution in [0.15, 0.2) is 12.1 Å². The van der Waals surface area contributed by atoms with E-state index in [1.807, 2.05) is 24.1 Å². The Morgan fingerprint density at radius 2 is 2.38 bits per heavy atom. The summed E-state index contributed by atoms with van der Waals surface area (Å²) in [6.45, 7) is 1.64. The minimum Gasteiger partial charge on any atom is -0.481 e. The number of hydrogen-bond donors (Lipinski definition) is 1. The van der Waals surface area contributed by atoms with Crippen molar-refractivity contribution >= 4 is 11.8 Å². The molecule has 16 heavy (non-hydrogen) atoms. The normalized spacial score (nSPS) is 13.6. The molecule has 0 saturated carbocycles. The maximum Gasteiger partial charge on any atom is 0.305 e. The molecule has 5 heteroatoms. The number of pyridine rings is 1. The predicted molar refractivity (Wildman–Crippen MR) is 58.3 cm³/mol. The number of nitrogens with zero attached hydrogens (tertiary/aromatic N) is 2. The fourth-order valence-corrected chi connectivity index (χ4v) is 1.62. The van der Waals surface area contributed by atoms with Gasteiger partial charge in [-0.15, -0.1) is 0 Å². The number of carbonyl (C=O) groups is 1. The van der Waals surface area contributed by atoms with Gasteiger partial charge in [0.1, 0.15) is 5.82 Å². The number of rotatable bonds is 4. The third-order valence-electron chi connectivity index (χ3n) is 2.60. The highest BCUT2D eigenvalue weighted by molar-refractivity contribution is 5.67. The van der Waals surface area contributed by atoms with Crippen molar-refractivity contribution in [2.75, 3.05) is 18.5 Å². The first kappa shape index (κ1) is 10.9. The van der Waals surface area contributed by atoms with Crippen LogP contribution in [-0.2, 0) is 22.7 Å². The molecule has 0 amide bonds. The van der Waals surface area contributed by atoms with Crippen LogP contribution in [-0.4, -0.2) is 29.7 Å². The summed E-state index contributed by atoms with van der Waals surface area (Å²) < 4.78 is 5.27. The molecule has 0 aromatic carbocycles. The molecule has 86 valence electrons. The standard InChI is InChI=1S/C11H14N2O3/c1-13(5-4-11(14)15)10-3-2-8-6-16-7-9(8)12-10/h2-3H,4-7H2,1H3,(H,14,15). The lowest BCUT2D eigenvalue weighted by molar-refractivity contribution is -0.136. The molecule has 0 bridgehead atoms. The van der Waals surface area contributed by atoms with E-state index in [0.29, 0.717) is 19.8 Å². The van der Waals surface area contributed by atoms with E-state index in [2.05, 4.69) is 4.98 Å². The van der Waals surface area contributed by atoms with Crippen molar-refractivity contribution in [2.24, 2.45) is 0 Å². The van der Waals surface area contributed by atoms with Crippen molar-refractivity contribution in [3.8, 4) is 0 Å². The molecular formula is C11H14N2O3. The predicted octanol–water partition coefficient (Wildman–Crippen LogP) is 1.02. The molecule has 1 aliphatic rings. The zero-order valence-corrected chi connectivity index (χ0v) is 9.14.